The van der Waals surface area contributed by atoms with Crippen molar-refractivity contribution >= 4 is 29.5 Å². The van der Waals surface area contributed by atoms with Gasteiger partial charge in [0.15, 0.2) is 0 Å². The van der Waals surface area contributed by atoms with Crippen LogP contribution in [-0.2, 0) is 0 Å². The largest absolute Gasteiger partial charge is 0.352 e. The van der Waals surface area contributed by atoms with Crippen molar-refractivity contribution in [2.75, 3.05) is 5.32 Å². The maximum absolute atomic E-state index is 4.85. The molecule has 0 unspecified atom stereocenters. The Balaban J connectivity index is 2.86. The second kappa shape index (κ2) is 8.44. The molecule has 0 heterocycles. The second-order valence-electron chi connectivity index (χ2n) is 4.56. The first kappa shape index (κ1) is 15.4. The van der Waals surface area contributed by atoms with Gasteiger partial charge in [0.05, 0.1) is 5.49 Å². The Morgan fingerprint density at radius 3 is 2.63 bits per heavy atom. The number of para-hydroxylation sites is 1. The molecule has 0 aliphatic carbocycles. The van der Waals surface area contributed by atoms with Gasteiger partial charge in [0, 0.05) is 5.69 Å². The highest BCUT2D eigenvalue weighted by atomic mass is 32.1. The third kappa shape index (κ3) is 5.66. The number of thiocarbonyl (C=S) groups is 1. The molecule has 100 valence electrons. The fourth-order valence-corrected chi connectivity index (χ4v) is 2.02. The lowest BCUT2D eigenvalue weighted by atomic mass is 10.0. The highest BCUT2D eigenvalue weighted by molar-refractivity contribution is 7.79. The van der Waals surface area contributed by atoms with Crippen LogP contribution in [0.4, 0.5) is 5.69 Å². The number of nitrogens with one attached hydrogen (secondary N) is 1. The monoisotopic (exact) mass is 271 g/mol. The molecule has 0 amide bonds. The molecular weight excluding hydrogens is 250 g/mol. The molecule has 2 heteroatoms. The standard InChI is InChI=1S/C17H21NS/c1-4-5-8-14(2)11-15(3)12-16-9-6-7-10-17(16)18-13-19/h4-10,12-13H,11H2,1-3H3,(H,18,19)/b5-4-,14-8+,15-12+. The first-order valence-electron chi connectivity index (χ1n) is 6.42. The van der Waals surface area contributed by atoms with E-state index in [0.29, 0.717) is 0 Å². The lowest BCUT2D eigenvalue weighted by molar-refractivity contribution is 1.12. The minimum Gasteiger partial charge on any atom is -0.352 e. The number of anilines is 1. The summed E-state index contributed by atoms with van der Waals surface area (Å²) in [6.07, 6.45) is 9.45. The van der Waals surface area contributed by atoms with E-state index in [-0.39, 0.29) is 0 Å². The van der Waals surface area contributed by atoms with Crippen molar-refractivity contribution < 1.29 is 0 Å². The summed E-state index contributed by atoms with van der Waals surface area (Å²) in [6.45, 7) is 6.33. The average Bonchev–Trinajstić information content (AvgIpc) is 2.39. The van der Waals surface area contributed by atoms with Crippen LogP contribution >= 0.6 is 12.2 Å². The molecule has 1 aromatic carbocycles. The predicted molar refractivity (Wildman–Crippen MR) is 90.6 cm³/mol. The molecule has 0 aliphatic rings. The molecule has 0 radical (unpaired) electrons. The number of allylic oxidation sites excluding steroid dienone is 5. The van der Waals surface area contributed by atoms with E-state index in [9.17, 15) is 0 Å². The van der Waals surface area contributed by atoms with Crippen molar-refractivity contribution in [2.24, 2.45) is 0 Å². The summed E-state index contributed by atoms with van der Waals surface area (Å²) in [6, 6.07) is 8.17. The van der Waals surface area contributed by atoms with Crippen LogP contribution in [-0.4, -0.2) is 5.49 Å². The van der Waals surface area contributed by atoms with Crippen LogP contribution < -0.4 is 5.32 Å². The Bertz CT molecular complexity index is 510. The van der Waals surface area contributed by atoms with Gasteiger partial charge in [-0.25, -0.2) is 0 Å². The smallest absolute Gasteiger partial charge is 0.0659 e. The third-order valence-electron chi connectivity index (χ3n) is 2.71. The van der Waals surface area contributed by atoms with Gasteiger partial charge in [0.25, 0.3) is 0 Å². The van der Waals surface area contributed by atoms with Gasteiger partial charge in [-0.1, -0.05) is 65.9 Å². The Morgan fingerprint density at radius 1 is 1.21 bits per heavy atom. The quantitative estimate of drug-likeness (QED) is 0.551. The van der Waals surface area contributed by atoms with Crippen LogP contribution in [0.25, 0.3) is 6.08 Å². The first-order valence-corrected chi connectivity index (χ1v) is 6.89. The minimum absolute atomic E-state index is 0.982. The Morgan fingerprint density at radius 2 is 1.95 bits per heavy atom. The van der Waals surface area contributed by atoms with Gasteiger partial charge in [-0.3, -0.25) is 0 Å². The van der Waals surface area contributed by atoms with Crippen molar-refractivity contribution in [2.45, 2.75) is 27.2 Å². The number of hydrogen-bond donors (Lipinski definition) is 1. The van der Waals surface area contributed by atoms with Crippen molar-refractivity contribution in [3.8, 4) is 0 Å². The SMILES string of the molecule is C/C=C\C=C(/C)C/C(C)=C/c1ccccc1NC=S. The maximum atomic E-state index is 4.85. The van der Waals surface area contributed by atoms with E-state index in [4.69, 9.17) is 12.2 Å². The Hall–Kier alpha value is -1.67. The van der Waals surface area contributed by atoms with E-state index in [1.54, 1.807) is 5.49 Å². The van der Waals surface area contributed by atoms with Crippen LogP contribution in [0, 0.1) is 0 Å². The van der Waals surface area contributed by atoms with Crippen LogP contribution in [0.15, 0.2) is 53.6 Å². The first-order chi connectivity index (χ1) is 9.17. The number of benzene rings is 1. The topological polar surface area (TPSA) is 12.0 Å². The fraction of sp³-hybridized carbons (Fsp3) is 0.235. The molecule has 0 aliphatic heterocycles. The molecule has 0 saturated carbocycles. The summed E-state index contributed by atoms with van der Waals surface area (Å²) < 4.78 is 0. The molecule has 1 N–H and O–H groups in total. The van der Waals surface area contributed by atoms with Crippen LogP contribution in [0.2, 0.25) is 0 Å². The highest BCUT2D eigenvalue weighted by Crippen LogP contribution is 2.20. The zero-order valence-corrected chi connectivity index (χ0v) is 12.6. The molecule has 1 aromatic rings. The van der Waals surface area contributed by atoms with Crippen molar-refractivity contribution in [1.82, 2.24) is 0 Å². The van der Waals surface area contributed by atoms with Gasteiger partial charge < -0.3 is 5.32 Å². The Labute approximate surface area is 121 Å². The lowest BCUT2D eigenvalue weighted by Crippen LogP contribution is -1.94. The normalized spacial score (nSPS) is 12.8. The van der Waals surface area contributed by atoms with E-state index in [0.717, 1.165) is 12.1 Å². The van der Waals surface area contributed by atoms with Crippen molar-refractivity contribution in [3.63, 3.8) is 0 Å². The van der Waals surface area contributed by atoms with Gasteiger partial charge >= 0.3 is 0 Å². The molecule has 1 rings (SSSR count). The lowest BCUT2D eigenvalue weighted by Gasteiger charge is -2.07. The summed E-state index contributed by atoms with van der Waals surface area (Å²) >= 11 is 4.85. The van der Waals surface area contributed by atoms with Gasteiger partial charge in [-0.15, -0.1) is 0 Å². The van der Waals surface area contributed by atoms with Gasteiger partial charge in [0.1, 0.15) is 0 Å². The molecular formula is C17H21NS. The molecule has 0 atom stereocenters. The van der Waals surface area contributed by atoms with Gasteiger partial charge in [0.2, 0.25) is 0 Å². The molecule has 0 fully saturated rings. The molecule has 19 heavy (non-hydrogen) atoms. The van der Waals surface area contributed by atoms with Gasteiger partial charge in [-0.2, -0.15) is 0 Å². The number of hydrogen-bond acceptors (Lipinski definition) is 1. The summed E-state index contributed by atoms with van der Waals surface area (Å²) in [5.74, 6) is 0. The van der Waals surface area contributed by atoms with E-state index < -0.39 is 0 Å². The van der Waals surface area contributed by atoms with E-state index in [2.05, 4.69) is 43.5 Å². The molecule has 0 saturated heterocycles. The van der Waals surface area contributed by atoms with E-state index >= 15 is 0 Å². The van der Waals surface area contributed by atoms with Crippen molar-refractivity contribution in [1.29, 1.82) is 0 Å². The minimum atomic E-state index is 0.982. The summed E-state index contributed by atoms with van der Waals surface area (Å²) in [4.78, 5) is 0. The summed E-state index contributed by atoms with van der Waals surface area (Å²) in [5, 5.41) is 3.09. The summed E-state index contributed by atoms with van der Waals surface area (Å²) in [5.41, 5.74) is 6.44. The zero-order chi connectivity index (χ0) is 14.1. The molecule has 1 nitrogen and oxygen atoms in total. The van der Waals surface area contributed by atoms with E-state index in [1.807, 2.05) is 31.2 Å². The average molecular weight is 271 g/mol. The summed E-state index contributed by atoms with van der Waals surface area (Å²) in [7, 11) is 0. The zero-order valence-electron chi connectivity index (χ0n) is 11.8. The third-order valence-corrected chi connectivity index (χ3v) is 2.83. The van der Waals surface area contributed by atoms with Crippen molar-refractivity contribution in [3.05, 3.63) is 59.2 Å². The molecule has 0 bridgehead atoms. The Kier molecular flexibility index (Phi) is 6.83. The highest BCUT2D eigenvalue weighted by Gasteiger charge is 1.98. The predicted octanol–water partition coefficient (Wildman–Crippen LogP) is 5.37. The van der Waals surface area contributed by atoms with E-state index in [1.165, 1.54) is 16.7 Å². The van der Waals surface area contributed by atoms with Crippen LogP contribution in [0.3, 0.4) is 0 Å². The molecule has 0 aromatic heterocycles. The van der Waals surface area contributed by atoms with Crippen LogP contribution in [0.5, 0.6) is 0 Å². The number of rotatable bonds is 6. The van der Waals surface area contributed by atoms with Gasteiger partial charge in [-0.05, 0) is 38.8 Å². The maximum Gasteiger partial charge on any atom is 0.0659 e. The second-order valence-corrected chi connectivity index (χ2v) is 4.79. The molecule has 0 spiro atoms. The van der Waals surface area contributed by atoms with Crippen LogP contribution in [0.1, 0.15) is 32.8 Å². The fourth-order valence-electron chi connectivity index (χ4n) is 1.89.